The predicted molar refractivity (Wildman–Crippen MR) is 94.5 cm³/mol. The molecule has 0 amide bonds. The lowest BCUT2D eigenvalue weighted by Gasteiger charge is -2.09. The fraction of sp³-hybridized carbons (Fsp3) is 0.100. The van der Waals surface area contributed by atoms with E-state index in [1.54, 1.807) is 24.4 Å². The van der Waals surface area contributed by atoms with Crippen LogP contribution in [0.25, 0.3) is 11.3 Å². The molecule has 0 aliphatic rings. The Labute approximate surface area is 136 Å². The van der Waals surface area contributed by atoms with Crippen LogP contribution < -0.4 is 0 Å². The van der Waals surface area contributed by atoms with E-state index in [0.29, 0.717) is 5.69 Å². The van der Waals surface area contributed by atoms with E-state index >= 15 is 0 Å². The summed E-state index contributed by atoms with van der Waals surface area (Å²) in [5.41, 5.74) is 5.78. The van der Waals surface area contributed by atoms with Crippen molar-refractivity contribution in [1.29, 1.82) is 0 Å². The first-order chi connectivity index (χ1) is 11.1. The van der Waals surface area contributed by atoms with Crippen molar-refractivity contribution in [3.05, 3.63) is 77.5 Å². The normalized spacial score (nSPS) is 11.0. The molecule has 3 aromatic rings. The molecule has 3 nitrogen and oxygen atoms in total. The van der Waals surface area contributed by atoms with Crippen molar-refractivity contribution in [1.82, 2.24) is 4.98 Å². The van der Waals surface area contributed by atoms with E-state index < -0.39 is 0 Å². The van der Waals surface area contributed by atoms with Crippen LogP contribution in [0, 0.1) is 13.8 Å². The number of pyridine rings is 1. The molecule has 1 aromatic heterocycles. The summed E-state index contributed by atoms with van der Waals surface area (Å²) in [7, 11) is 0. The number of benzene rings is 2. The molecule has 3 rings (SSSR count). The van der Waals surface area contributed by atoms with E-state index in [1.807, 2.05) is 24.3 Å². The maximum absolute atomic E-state index is 9.76. The Morgan fingerprint density at radius 2 is 1.57 bits per heavy atom. The first-order valence-corrected chi connectivity index (χ1v) is 7.51. The number of hydrogen-bond donors (Lipinski definition) is 1. The van der Waals surface area contributed by atoms with Gasteiger partial charge in [-0.1, -0.05) is 36.4 Å². The highest BCUT2D eigenvalue weighted by molar-refractivity contribution is 5.82. The lowest BCUT2D eigenvalue weighted by molar-refractivity contribution is 0.477. The van der Waals surface area contributed by atoms with Gasteiger partial charge in [0.15, 0.2) is 0 Å². The van der Waals surface area contributed by atoms with Crippen LogP contribution in [0.3, 0.4) is 0 Å². The minimum atomic E-state index is 0.162. The quantitative estimate of drug-likeness (QED) is 0.705. The van der Waals surface area contributed by atoms with Gasteiger partial charge in [-0.25, -0.2) is 4.98 Å². The van der Waals surface area contributed by atoms with E-state index in [2.05, 4.69) is 42.0 Å². The number of aryl methyl sites for hydroxylation is 2. The van der Waals surface area contributed by atoms with Crippen molar-refractivity contribution in [3.63, 3.8) is 0 Å². The Hall–Kier alpha value is -2.94. The third-order valence-electron chi connectivity index (χ3n) is 3.73. The highest BCUT2D eigenvalue weighted by atomic mass is 16.3. The van der Waals surface area contributed by atoms with Crippen LogP contribution in [0.15, 0.2) is 65.7 Å². The first-order valence-electron chi connectivity index (χ1n) is 7.51. The molecule has 0 saturated heterocycles. The Morgan fingerprint density at radius 1 is 0.870 bits per heavy atom. The van der Waals surface area contributed by atoms with Crippen molar-refractivity contribution in [2.45, 2.75) is 13.8 Å². The molecule has 0 aliphatic heterocycles. The van der Waals surface area contributed by atoms with Crippen LogP contribution in [-0.2, 0) is 0 Å². The third kappa shape index (κ3) is 3.29. The number of phenols is 1. The zero-order chi connectivity index (χ0) is 16.2. The van der Waals surface area contributed by atoms with E-state index in [9.17, 15) is 5.11 Å². The third-order valence-corrected chi connectivity index (χ3v) is 3.73. The lowest BCUT2D eigenvalue weighted by Crippen LogP contribution is -1.94. The molecule has 3 heteroatoms. The second-order valence-electron chi connectivity index (χ2n) is 5.46. The van der Waals surface area contributed by atoms with Crippen LogP contribution in [0.1, 0.15) is 16.8 Å². The maximum Gasteiger partial charge on any atom is 0.141 e. The number of phenolic OH excluding ortho intramolecular Hbond substituents is 1. The number of rotatable bonds is 3. The predicted octanol–water partition coefficient (Wildman–Crippen LogP) is 4.82. The summed E-state index contributed by atoms with van der Waals surface area (Å²) in [5, 5.41) is 9.76. The summed E-state index contributed by atoms with van der Waals surface area (Å²) in [6, 6.07) is 19.1. The van der Waals surface area contributed by atoms with Gasteiger partial charge in [0.2, 0.25) is 0 Å². The fourth-order valence-corrected chi connectivity index (χ4v) is 2.59. The fourth-order valence-electron chi connectivity index (χ4n) is 2.59. The SMILES string of the molecule is Cc1cccc(C)c1-c1cccc(C=Nc2ccccc2O)n1. The number of aromatic hydroxyl groups is 1. The number of para-hydroxylation sites is 2. The number of aromatic nitrogens is 1. The molecule has 0 bridgehead atoms. The number of aliphatic imine (C=N–C) groups is 1. The van der Waals surface area contributed by atoms with E-state index in [-0.39, 0.29) is 5.75 Å². The first kappa shape index (κ1) is 15.0. The molecule has 23 heavy (non-hydrogen) atoms. The second-order valence-corrected chi connectivity index (χ2v) is 5.46. The van der Waals surface area contributed by atoms with Gasteiger partial charge in [-0.3, -0.25) is 4.99 Å². The summed E-state index contributed by atoms with van der Waals surface area (Å²) in [4.78, 5) is 9.00. The zero-order valence-electron chi connectivity index (χ0n) is 13.2. The van der Waals surface area contributed by atoms with Gasteiger partial charge < -0.3 is 5.11 Å². The average Bonchev–Trinajstić information content (AvgIpc) is 2.54. The molecule has 0 radical (unpaired) electrons. The number of hydrogen-bond acceptors (Lipinski definition) is 3. The zero-order valence-corrected chi connectivity index (χ0v) is 13.2. The van der Waals surface area contributed by atoms with Crippen LogP contribution in [0.5, 0.6) is 5.75 Å². The molecule has 0 aliphatic carbocycles. The van der Waals surface area contributed by atoms with Crippen molar-refractivity contribution in [2.75, 3.05) is 0 Å². The van der Waals surface area contributed by atoms with E-state index in [1.165, 1.54) is 11.1 Å². The van der Waals surface area contributed by atoms with E-state index in [4.69, 9.17) is 0 Å². The van der Waals surface area contributed by atoms with Gasteiger partial charge >= 0.3 is 0 Å². The molecular weight excluding hydrogens is 284 g/mol. The minimum Gasteiger partial charge on any atom is -0.506 e. The van der Waals surface area contributed by atoms with Gasteiger partial charge in [-0.15, -0.1) is 0 Å². The molecule has 2 aromatic carbocycles. The van der Waals surface area contributed by atoms with Gasteiger partial charge in [-0.05, 0) is 49.2 Å². The van der Waals surface area contributed by atoms with Crippen LogP contribution in [-0.4, -0.2) is 16.3 Å². The summed E-state index contributed by atoms with van der Waals surface area (Å²) < 4.78 is 0. The van der Waals surface area contributed by atoms with Crippen LogP contribution in [0.4, 0.5) is 5.69 Å². The monoisotopic (exact) mass is 302 g/mol. The summed E-state index contributed by atoms with van der Waals surface area (Å²) in [6.45, 7) is 4.18. The average molecular weight is 302 g/mol. The molecule has 1 N–H and O–H groups in total. The molecule has 0 unspecified atom stereocenters. The van der Waals surface area contributed by atoms with Crippen molar-refractivity contribution >= 4 is 11.9 Å². The maximum atomic E-state index is 9.76. The van der Waals surface area contributed by atoms with E-state index in [0.717, 1.165) is 17.0 Å². The highest BCUT2D eigenvalue weighted by Crippen LogP contribution is 2.26. The molecular formula is C20H18N2O. The largest absolute Gasteiger partial charge is 0.506 e. The molecule has 1 heterocycles. The summed E-state index contributed by atoms with van der Waals surface area (Å²) in [6.07, 6.45) is 1.67. The molecule has 0 fully saturated rings. The standard InChI is InChI=1S/C20H18N2O/c1-14-7-5-8-15(2)20(14)18-11-6-9-16(22-18)13-21-17-10-3-4-12-19(17)23/h3-13,23H,1-2H3. The minimum absolute atomic E-state index is 0.162. The van der Waals surface area contributed by atoms with Gasteiger partial charge in [0.25, 0.3) is 0 Å². The van der Waals surface area contributed by atoms with Gasteiger partial charge in [0.1, 0.15) is 11.4 Å². The topological polar surface area (TPSA) is 45.5 Å². The van der Waals surface area contributed by atoms with Gasteiger partial charge in [-0.2, -0.15) is 0 Å². The Morgan fingerprint density at radius 3 is 2.30 bits per heavy atom. The van der Waals surface area contributed by atoms with Crippen LogP contribution >= 0.6 is 0 Å². The second kappa shape index (κ2) is 6.44. The molecule has 114 valence electrons. The van der Waals surface area contributed by atoms with Crippen molar-refractivity contribution in [2.24, 2.45) is 4.99 Å². The Balaban J connectivity index is 1.96. The van der Waals surface area contributed by atoms with Crippen molar-refractivity contribution in [3.8, 4) is 17.0 Å². The van der Waals surface area contributed by atoms with Crippen molar-refractivity contribution < 1.29 is 5.11 Å². The summed E-state index contributed by atoms with van der Waals surface area (Å²) in [5.74, 6) is 0.162. The van der Waals surface area contributed by atoms with Gasteiger partial charge in [0, 0.05) is 5.56 Å². The highest BCUT2D eigenvalue weighted by Gasteiger charge is 2.07. The number of nitrogens with zero attached hydrogens (tertiary/aromatic N) is 2. The van der Waals surface area contributed by atoms with Gasteiger partial charge in [0.05, 0.1) is 17.6 Å². The smallest absolute Gasteiger partial charge is 0.141 e. The summed E-state index contributed by atoms with van der Waals surface area (Å²) >= 11 is 0. The van der Waals surface area contributed by atoms with Crippen LogP contribution in [0.2, 0.25) is 0 Å². The molecule has 0 spiro atoms. The molecule has 0 saturated carbocycles. The Bertz CT molecular complexity index is 849. The lowest BCUT2D eigenvalue weighted by atomic mass is 9.99. The Kier molecular flexibility index (Phi) is 4.20. The molecule has 0 atom stereocenters.